The zero-order valence-electron chi connectivity index (χ0n) is 17.2. The highest BCUT2D eigenvalue weighted by Gasteiger charge is 2.16. The summed E-state index contributed by atoms with van der Waals surface area (Å²) in [4.78, 5) is 35.9. The van der Waals surface area contributed by atoms with Gasteiger partial charge in [-0.25, -0.2) is 4.98 Å². The maximum Gasteiger partial charge on any atom is 0.280 e. The molecule has 4 rings (SSSR count). The molecule has 0 atom stereocenters. The molecule has 1 aromatic heterocycles. The van der Waals surface area contributed by atoms with E-state index in [1.165, 1.54) is 0 Å². The van der Waals surface area contributed by atoms with Crippen LogP contribution in [0.4, 0.5) is 0 Å². The minimum Gasteiger partial charge on any atom is -0.387 e. The number of nitrogens with zero attached hydrogens (tertiary/aromatic N) is 3. The van der Waals surface area contributed by atoms with Crippen LogP contribution < -0.4 is 11.0 Å². The van der Waals surface area contributed by atoms with Gasteiger partial charge in [0.25, 0.3) is 11.5 Å². The highest BCUT2D eigenvalue weighted by molar-refractivity contribution is 6.34. The first-order valence-corrected chi connectivity index (χ1v) is 10.2. The Bertz CT molecular complexity index is 1370. The molecule has 4 aromatic rings. The Morgan fingerprint density at radius 2 is 1.72 bits per heavy atom. The van der Waals surface area contributed by atoms with Crippen molar-refractivity contribution in [3.05, 3.63) is 111 Å². The van der Waals surface area contributed by atoms with Crippen molar-refractivity contribution in [3.63, 3.8) is 0 Å². The number of halogens is 1. The number of benzene rings is 3. The predicted molar refractivity (Wildman–Crippen MR) is 125 cm³/mol. The van der Waals surface area contributed by atoms with E-state index in [2.05, 4.69) is 15.6 Å². The summed E-state index contributed by atoms with van der Waals surface area (Å²) < 4.78 is 1.07. The molecular formula is C24H19ClN4O3. The van der Waals surface area contributed by atoms with E-state index in [0.29, 0.717) is 16.6 Å². The number of oxime groups is 1. The van der Waals surface area contributed by atoms with Gasteiger partial charge in [0.2, 0.25) is 0 Å². The molecule has 0 saturated heterocycles. The Hall–Kier alpha value is -3.97. The van der Waals surface area contributed by atoms with E-state index < -0.39 is 11.5 Å². The first-order chi connectivity index (χ1) is 15.5. The number of para-hydroxylation sites is 1. The Morgan fingerprint density at radius 3 is 2.50 bits per heavy atom. The standard InChI is InChI=1S/C24H19ClN4O3/c1-16(17-9-3-2-4-10-17)28-32-15-22-26-21-14-8-6-12-19(21)24(31)29(22)27-23(30)18-11-5-7-13-20(18)25/h2-14H,15H2,1H3,(H,27,30)/b28-16-. The summed E-state index contributed by atoms with van der Waals surface area (Å²) in [6.45, 7) is 1.68. The number of fused-ring (bicyclic) bond motifs is 1. The highest BCUT2D eigenvalue weighted by atomic mass is 35.5. The van der Waals surface area contributed by atoms with Crippen molar-refractivity contribution in [2.75, 3.05) is 5.43 Å². The molecule has 0 bridgehead atoms. The molecule has 0 spiro atoms. The molecule has 3 aromatic carbocycles. The molecular weight excluding hydrogens is 428 g/mol. The smallest absolute Gasteiger partial charge is 0.280 e. The fourth-order valence-electron chi connectivity index (χ4n) is 3.12. The number of rotatable bonds is 6. The number of aromatic nitrogens is 2. The Morgan fingerprint density at radius 1 is 1.03 bits per heavy atom. The minimum atomic E-state index is -0.542. The van der Waals surface area contributed by atoms with E-state index in [4.69, 9.17) is 16.4 Å². The van der Waals surface area contributed by atoms with Crippen molar-refractivity contribution in [1.82, 2.24) is 9.66 Å². The number of hydrogen-bond acceptors (Lipinski definition) is 5. The van der Waals surface area contributed by atoms with Crippen LogP contribution >= 0.6 is 11.6 Å². The van der Waals surface area contributed by atoms with Crippen LogP contribution in [0, 0.1) is 0 Å². The summed E-state index contributed by atoms with van der Waals surface area (Å²) in [5.41, 5.74) is 4.45. The first kappa shape index (κ1) is 21.3. The number of amides is 1. The topological polar surface area (TPSA) is 85.6 Å². The van der Waals surface area contributed by atoms with Crippen molar-refractivity contribution in [2.45, 2.75) is 13.5 Å². The number of carbonyl (C=O) groups is 1. The van der Waals surface area contributed by atoms with Gasteiger partial charge >= 0.3 is 0 Å². The third-order valence-electron chi connectivity index (χ3n) is 4.76. The van der Waals surface area contributed by atoms with Crippen molar-refractivity contribution in [2.24, 2.45) is 5.16 Å². The van der Waals surface area contributed by atoms with Gasteiger partial charge in [-0.2, -0.15) is 4.68 Å². The van der Waals surface area contributed by atoms with Crippen LogP contribution in [0.5, 0.6) is 0 Å². The van der Waals surface area contributed by atoms with Gasteiger partial charge in [-0.1, -0.05) is 71.4 Å². The molecule has 1 amide bonds. The Labute approximate surface area is 188 Å². The molecule has 0 radical (unpaired) electrons. The minimum absolute atomic E-state index is 0.132. The third kappa shape index (κ3) is 4.53. The van der Waals surface area contributed by atoms with E-state index in [-0.39, 0.29) is 23.0 Å². The zero-order chi connectivity index (χ0) is 22.5. The first-order valence-electron chi connectivity index (χ1n) is 9.83. The van der Waals surface area contributed by atoms with Crippen LogP contribution in [-0.4, -0.2) is 21.3 Å². The summed E-state index contributed by atoms with van der Waals surface area (Å²) in [6, 6.07) is 23.0. The summed E-state index contributed by atoms with van der Waals surface area (Å²) in [7, 11) is 0. The average Bonchev–Trinajstić information content (AvgIpc) is 2.82. The van der Waals surface area contributed by atoms with Crippen LogP contribution in [0.25, 0.3) is 10.9 Å². The Balaban J connectivity index is 1.67. The van der Waals surface area contributed by atoms with Gasteiger partial charge in [-0.3, -0.25) is 15.0 Å². The lowest BCUT2D eigenvalue weighted by molar-refractivity contribution is 0.0996. The molecule has 32 heavy (non-hydrogen) atoms. The van der Waals surface area contributed by atoms with Crippen molar-refractivity contribution in [3.8, 4) is 0 Å². The van der Waals surface area contributed by atoms with Gasteiger partial charge in [0.15, 0.2) is 12.4 Å². The summed E-state index contributed by atoms with van der Waals surface area (Å²) in [5.74, 6) is -0.348. The Kier molecular flexibility index (Phi) is 6.28. The van der Waals surface area contributed by atoms with Gasteiger partial charge in [-0.15, -0.1) is 0 Å². The van der Waals surface area contributed by atoms with Crippen LogP contribution in [-0.2, 0) is 11.4 Å². The van der Waals surface area contributed by atoms with Crippen molar-refractivity contribution >= 4 is 34.1 Å². The van der Waals surface area contributed by atoms with Crippen molar-refractivity contribution in [1.29, 1.82) is 0 Å². The quantitative estimate of drug-likeness (QED) is 0.352. The highest BCUT2D eigenvalue weighted by Crippen LogP contribution is 2.15. The zero-order valence-corrected chi connectivity index (χ0v) is 17.9. The maximum atomic E-state index is 13.1. The lowest BCUT2D eigenvalue weighted by atomic mass is 10.1. The second kappa shape index (κ2) is 9.45. The summed E-state index contributed by atoms with van der Waals surface area (Å²) in [5, 5.41) is 4.75. The van der Waals surface area contributed by atoms with Crippen LogP contribution in [0.1, 0.15) is 28.7 Å². The largest absolute Gasteiger partial charge is 0.387 e. The lowest BCUT2D eigenvalue weighted by Gasteiger charge is -2.14. The van der Waals surface area contributed by atoms with Gasteiger partial charge in [0, 0.05) is 0 Å². The molecule has 0 saturated carbocycles. The van der Waals surface area contributed by atoms with Crippen LogP contribution in [0.3, 0.4) is 0 Å². The average molecular weight is 447 g/mol. The number of carbonyl (C=O) groups excluding carboxylic acids is 1. The van der Waals surface area contributed by atoms with Crippen molar-refractivity contribution < 1.29 is 9.63 Å². The molecule has 8 heteroatoms. The third-order valence-corrected chi connectivity index (χ3v) is 5.09. The van der Waals surface area contributed by atoms with Gasteiger partial charge in [0.1, 0.15) is 0 Å². The lowest BCUT2D eigenvalue weighted by Crippen LogP contribution is -2.36. The maximum absolute atomic E-state index is 13.1. The van der Waals surface area contributed by atoms with E-state index in [0.717, 1.165) is 10.2 Å². The van der Waals surface area contributed by atoms with E-state index in [9.17, 15) is 9.59 Å². The second-order valence-corrected chi connectivity index (χ2v) is 7.33. The molecule has 0 aliphatic carbocycles. The SMILES string of the molecule is C/C(=N/OCc1nc2ccccc2c(=O)n1NC(=O)c1ccccc1Cl)c1ccccc1. The fourth-order valence-corrected chi connectivity index (χ4v) is 3.34. The molecule has 0 fully saturated rings. The molecule has 0 aliphatic heterocycles. The van der Waals surface area contributed by atoms with E-state index in [1.54, 1.807) is 48.5 Å². The second-order valence-electron chi connectivity index (χ2n) is 6.92. The van der Waals surface area contributed by atoms with Crippen LogP contribution in [0.15, 0.2) is 88.8 Å². The molecule has 0 aliphatic rings. The summed E-state index contributed by atoms with van der Waals surface area (Å²) >= 11 is 6.13. The number of nitrogens with one attached hydrogen (secondary N) is 1. The normalized spacial score (nSPS) is 11.4. The van der Waals surface area contributed by atoms with Gasteiger partial charge < -0.3 is 4.84 Å². The fraction of sp³-hybridized carbons (Fsp3) is 0.0833. The van der Waals surface area contributed by atoms with E-state index >= 15 is 0 Å². The summed E-state index contributed by atoms with van der Waals surface area (Å²) in [6.07, 6.45) is 0. The van der Waals surface area contributed by atoms with E-state index in [1.807, 2.05) is 37.3 Å². The molecule has 0 unspecified atom stereocenters. The number of hydrogen-bond donors (Lipinski definition) is 1. The molecule has 1 N–H and O–H groups in total. The molecule has 160 valence electrons. The predicted octanol–water partition coefficient (Wildman–Crippen LogP) is 4.37. The monoisotopic (exact) mass is 446 g/mol. The van der Waals surface area contributed by atoms with Gasteiger partial charge in [-0.05, 0) is 36.8 Å². The molecule has 1 heterocycles. The molecule has 7 nitrogen and oxygen atoms in total. The van der Waals surface area contributed by atoms with Crippen LogP contribution in [0.2, 0.25) is 5.02 Å². The van der Waals surface area contributed by atoms with Gasteiger partial charge in [0.05, 0.1) is 27.2 Å².